The highest BCUT2D eigenvalue weighted by molar-refractivity contribution is 5.94. The molecule has 124 valence electrons. The van der Waals surface area contributed by atoms with Crippen molar-refractivity contribution in [3.63, 3.8) is 0 Å². The molecule has 1 amide bonds. The Balaban J connectivity index is 0.00000242. The van der Waals surface area contributed by atoms with E-state index in [1.807, 2.05) is 29.2 Å². The zero-order valence-electron chi connectivity index (χ0n) is 13.5. The van der Waals surface area contributed by atoms with Crippen LogP contribution in [-0.4, -0.2) is 44.1 Å². The number of hydrogen-bond donors (Lipinski definition) is 1. The topological polar surface area (TPSA) is 41.6 Å². The van der Waals surface area contributed by atoms with Gasteiger partial charge in [0, 0.05) is 25.8 Å². The number of nitrogens with one attached hydrogen (secondary N) is 1. The molecular weight excluding hydrogens is 300 g/mol. The Morgan fingerprint density at radius 2 is 2.09 bits per heavy atom. The molecule has 0 bridgehead atoms. The number of benzene rings is 1. The fourth-order valence-electron chi connectivity index (χ4n) is 2.83. The number of halogens is 1. The van der Waals surface area contributed by atoms with E-state index in [1.54, 1.807) is 7.11 Å². The van der Waals surface area contributed by atoms with Crippen LogP contribution in [0.25, 0.3) is 0 Å². The highest BCUT2D eigenvalue weighted by Gasteiger charge is 2.23. The SMILES string of the molecule is CCNCC1CCN(C(=O)c2cccc(COC)c2)CC1.Cl. The second-order valence-electron chi connectivity index (χ2n) is 5.68. The number of methoxy groups -OCH3 is 1. The monoisotopic (exact) mass is 326 g/mol. The van der Waals surface area contributed by atoms with Crippen LogP contribution >= 0.6 is 12.4 Å². The summed E-state index contributed by atoms with van der Waals surface area (Å²) in [5.41, 5.74) is 1.82. The van der Waals surface area contributed by atoms with E-state index in [4.69, 9.17) is 4.74 Å². The van der Waals surface area contributed by atoms with Gasteiger partial charge in [-0.1, -0.05) is 19.1 Å². The van der Waals surface area contributed by atoms with Crippen LogP contribution in [0.5, 0.6) is 0 Å². The number of amides is 1. The summed E-state index contributed by atoms with van der Waals surface area (Å²) < 4.78 is 5.13. The van der Waals surface area contributed by atoms with Crippen molar-refractivity contribution in [1.29, 1.82) is 0 Å². The molecule has 1 aliphatic heterocycles. The average Bonchev–Trinajstić information content (AvgIpc) is 2.53. The van der Waals surface area contributed by atoms with Crippen molar-refractivity contribution < 1.29 is 9.53 Å². The van der Waals surface area contributed by atoms with Crippen LogP contribution in [0.1, 0.15) is 35.7 Å². The van der Waals surface area contributed by atoms with Crippen molar-refractivity contribution in [1.82, 2.24) is 10.2 Å². The van der Waals surface area contributed by atoms with Gasteiger partial charge in [-0.25, -0.2) is 0 Å². The summed E-state index contributed by atoms with van der Waals surface area (Å²) in [6.07, 6.45) is 2.19. The van der Waals surface area contributed by atoms with Gasteiger partial charge < -0.3 is 15.0 Å². The Morgan fingerprint density at radius 1 is 1.36 bits per heavy atom. The average molecular weight is 327 g/mol. The highest BCUT2D eigenvalue weighted by Crippen LogP contribution is 2.19. The van der Waals surface area contributed by atoms with Crippen LogP contribution in [0.3, 0.4) is 0 Å². The van der Waals surface area contributed by atoms with Gasteiger partial charge in [0.15, 0.2) is 0 Å². The minimum Gasteiger partial charge on any atom is -0.380 e. The smallest absolute Gasteiger partial charge is 0.253 e. The van der Waals surface area contributed by atoms with E-state index in [0.29, 0.717) is 12.5 Å². The van der Waals surface area contributed by atoms with Crippen molar-refractivity contribution in [2.24, 2.45) is 5.92 Å². The fourth-order valence-corrected chi connectivity index (χ4v) is 2.83. The Morgan fingerprint density at radius 3 is 2.73 bits per heavy atom. The van der Waals surface area contributed by atoms with Gasteiger partial charge in [0.1, 0.15) is 0 Å². The Bertz CT molecular complexity index is 460. The maximum Gasteiger partial charge on any atom is 0.253 e. The first-order chi connectivity index (χ1) is 10.2. The third-order valence-electron chi connectivity index (χ3n) is 4.07. The number of hydrogen-bond acceptors (Lipinski definition) is 3. The largest absolute Gasteiger partial charge is 0.380 e. The summed E-state index contributed by atoms with van der Waals surface area (Å²) in [6.45, 7) is 6.50. The number of rotatable bonds is 6. The third kappa shape index (κ3) is 5.27. The van der Waals surface area contributed by atoms with E-state index in [1.165, 1.54) is 0 Å². The fraction of sp³-hybridized carbons (Fsp3) is 0.588. The number of ether oxygens (including phenoxy) is 1. The lowest BCUT2D eigenvalue weighted by molar-refractivity contribution is 0.0690. The molecule has 4 nitrogen and oxygen atoms in total. The summed E-state index contributed by atoms with van der Waals surface area (Å²) >= 11 is 0. The summed E-state index contributed by atoms with van der Waals surface area (Å²) in [6, 6.07) is 7.76. The van der Waals surface area contributed by atoms with E-state index in [-0.39, 0.29) is 18.3 Å². The predicted molar refractivity (Wildman–Crippen MR) is 91.6 cm³/mol. The quantitative estimate of drug-likeness (QED) is 0.874. The molecule has 22 heavy (non-hydrogen) atoms. The van der Waals surface area contributed by atoms with Crippen LogP contribution in [0.15, 0.2) is 24.3 Å². The minimum atomic E-state index is 0. The molecular formula is C17H27ClN2O2. The number of piperidine rings is 1. The number of carbonyl (C=O) groups excluding carboxylic acids is 1. The molecule has 1 fully saturated rings. The predicted octanol–water partition coefficient (Wildman–Crippen LogP) is 2.72. The lowest BCUT2D eigenvalue weighted by Crippen LogP contribution is -2.40. The first kappa shape index (κ1) is 18.9. The maximum absolute atomic E-state index is 12.5. The van der Waals surface area contributed by atoms with E-state index in [0.717, 1.165) is 50.1 Å². The van der Waals surface area contributed by atoms with Crippen molar-refractivity contribution >= 4 is 18.3 Å². The van der Waals surface area contributed by atoms with Crippen LogP contribution < -0.4 is 5.32 Å². The lowest BCUT2D eigenvalue weighted by Gasteiger charge is -2.32. The standard InChI is InChI=1S/C17H26N2O2.ClH/c1-3-18-12-14-7-9-19(10-8-14)17(20)16-6-4-5-15(11-16)13-21-2;/h4-6,11,14,18H,3,7-10,12-13H2,1-2H3;1H. The molecule has 0 aliphatic carbocycles. The van der Waals surface area contributed by atoms with Gasteiger partial charge in [-0.15, -0.1) is 12.4 Å². The first-order valence-corrected chi connectivity index (χ1v) is 7.82. The number of nitrogens with zero attached hydrogens (tertiary/aromatic N) is 1. The molecule has 0 saturated carbocycles. The molecule has 0 radical (unpaired) electrons. The van der Waals surface area contributed by atoms with Gasteiger partial charge in [-0.05, 0) is 49.5 Å². The summed E-state index contributed by atoms with van der Waals surface area (Å²) in [7, 11) is 1.67. The normalized spacial score (nSPS) is 15.5. The Labute approximate surface area is 139 Å². The van der Waals surface area contributed by atoms with Crippen LogP contribution in [0, 0.1) is 5.92 Å². The van der Waals surface area contributed by atoms with Crippen LogP contribution in [0.2, 0.25) is 0 Å². The van der Waals surface area contributed by atoms with Crippen LogP contribution in [0.4, 0.5) is 0 Å². The van der Waals surface area contributed by atoms with Crippen molar-refractivity contribution in [2.45, 2.75) is 26.4 Å². The molecule has 1 N–H and O–H groups in total. The molecule has 1 aromatic rings. The number of carbonyl (C=O) groups is 1. The summed E-state index contributed by atoms with van der Waals surface area (Å²) in [5.74, 6) is 0.851. The summed E-state index contributed by atoms with van der Waals surface area (Å²) in [4.78, 5) is 14.5. The van der Waals surface area contributed by atoms with Crippen molar-refractivity contribution in [3.05, 3.63) is 35.4 Å². The molecule has 0 aromatic heterocycles. The molecule has 0 unspecified atom stereocenters. The van der Waals surface area contributed by atoms with E-state index in [2.05, 4.69) is 12.2 Å². The minimum absolute atomic E-state index is 0. The number of likely N-dealkylation sites (tertiary alicyclic amines) is 1. The van der Waals surface area contributed by atoms with Gasteiger partial charge in [0.2, 0.25) is 0 Å². The highest BCUT2D eigenvalue weighted by atomic mass is 35.5. The van der Waals surface area contributed by atoms with Gasteiger partial charge in [-0.2, -0.15) is 0 Å². The van der Waals surface area contributed by atoms with Crippen molar-refractivity contribution in [3.8, 4) is 0 Å². The van der Waals surface area contributed by atoms with Crippen molar-refractivity contribution in [2.75, 3.05) is 33.3 Å². The van der Waals surface area contributed by atoms with E-state index >= 15 is 0 Å². The summed E-state index contributed by atoms with van der Waals surface area (Å²) in [5, 5.41) is 3.40. The molecule has 0 spiro atoms. The van der Waals surface area contributed by atoms with E-state index in [9.17, 15) is 4.79 Å². The van der Waals surface area contributed by atoms with Gasteiger partial charge in [0.25, 0.3) is 5.91 Å². The molecule has 0 atom stereocenters. The van der Waals surface area contributed by atoms with E-state index < -0.39 is 0 Å². The lowest BCUT2D eigenvalue weighted by atomic mass is 9.96. The molecule has 1 heterocycles. The molecule has 5 heteroatoms. The second-order valence-corrected chi connectivity index (χ2v) is 5.68. The van der Waals surface area contributed by atoms with Gasteiger partial charge in [-0.3, -0.25) is 4.79 Å². The second kappa shape index (κ2) is 9.82. The first-order valence-electron chi connectivity index (χ1n) is 7.82. The zero-order chi connectivity index (χ0) is 15.1. The maximum atomic E-state index is 12.5. The van der Waals surface area contributed by atoms with Gasteiger partial charge in [0.05, 0.1) is 6.61 Å². The Hall–Kier alpha value is -1.10. The molecule has 2 rings (SSSR count). The molecule has 1 saturated heterocycles. The Kier molecular flexibility index (Phi) is 8.46. The molecule has 1 aliphatic rings. The third-order valence-corrected chi connectivity index (χ3v) is 4.07. The van der Waals surface area contributed by atoms with Gasteiger partial charge >= 0.3 is 0 Å². The zero-order valence-corrected chi connectivity index (χ0v) is 14.3. The van der Waals surface area contributed by atoms with Crippen LogP contribution in [-0.2, 0) is 11.3 Å². The molecule has 1 aromatic carbocycles.